The Hall–Kier alpha value is -3.23. The number of nitrogens with one attached hydrogen (secondary N) is 2. The second-order valence-corrected chi connectivity index (χ2v) is 8.40. The quantitative estimate of drug-likeness (QED) is 0.520. The van der Waals surface area contributed by atoms with E-state index < -0.39 is 15.9 Å². The summed E-state index contributed by atoms with van der Waals surface area (Å²) in [4.78, 5) is 16.0. The number of amides is 1. The second-order valence-electron chi connectivity index (χ2n) is 6.60. The van der Waals surface area contributed by atoms with Crippen LogP contribution in [0.1, 0.15) is 16.8 Å². The number of nitrogens with zero attached hydrogens (tertiary/aromatic N) is 1. The number of hydrogen-bond donors (Lipinski definition) is 2. The van der Waals surface area contributed by atoms with E-state index in [0.717, 1.165) is 5.56 Å². The van der Waals surface area contributed by atoms with Gasteiger partial charge in [-0.25, -0.2) is 13.1 Å². The third kappa shape index (κ3) is 7.31. The maximum atomic E-state index is 12.2. The fourth-order valence-corrected chi connectivity index (χ4v) is 3.71. The molecule has 1 aromatic heterocycles. The summed E-state index contributed by atoms with van der Waals surface area (Å²) in [5.74, 6) is 0.00944. The summed E-state index contributed by atoms with van der Waals surface area (Å²) < 4.78 is 32.5. The molecule has 0 atom stereocenters. The lowest BCUT2D eigenvalue weighted by Crippen LogP contribution is -2.37. The van der Waals surface area contributed by atoms with Crippen molar-refractivity contribution in [2.45, 2.75) is 18.9 Å². The number of carbonyl (C=O) groups excluding carboxylic acids is 1. The van der Waals surface area contributed by atoms with Crippen LogP contribution < -0.4 is 14.8 Å². The third-order valence-electron chi connectivity index (χ3n) is 4.17. The van der Waals surface area contributed by atoms with Crippen LogP contribution in [0.25, 0.3) is 0 Å². The van der Waals surface area contributed by atoms with Gasteiger partial charge in [0.15, 0.2) is 0 Å². The minimum absolute atomic E-state index is 0.223. The molecule has 30 heavy (non-hydrogen) atoms. The van der Waals surface area contributed by atoms with E-state index in [1.807, 2.05) is 36.4 Å². The van der Waals surface area contributed by atoms with Crippen molar-refractivity contribution < 1.29 is 17.9 Å². The number of carbonyl (C=O) groups is 1. The van der Waals surface area contributed by atoms with Crippen LogP contribution in [0.5, 0.6) is 5.75 Å². The molecule has 1 amide bonds. The highest BCUT2D eigenvalue weighted by molar-refractivity contribution is 7.88. The molecule has 0 spiro atoms. The molecule has 1 heterocycles. The summed E-state index contributed by atoms with van der Waals surface area (Å²) in [6.45, 7) is 0.354. The number of aromatic nitrogens is 1. The third-order valence-corrected chi connectivity index (χ3v) is 5.47. The van der Waals surface area contributed by atoms with Crippen LogP contribution in [0.2, 0.25) is 0 Å². The number of rotatable bonds is 10. The second kappa shape index (κ2) is 10.5. The lowest BCUT2D eigenvalue weighted by molar-refractivity contribution is -0.120. The summed E-state index contributed by atoms with van der Waals surface area (Å²) in [5.41, 5.74) is 2.35. The van der Waals surface area contributed by atoms with Crippen molar-refractivity contribution >= 4 is 15.9 Å². The van der Waals surface area contributed by atoms with Gasteiger partial charge in [-0.05, 0) is 35.4 Å². The van der Waals surface area contributed by atoms with Crippen LogP contribution >= 0.6 is 0 Å². The van der Waals surface area contributed by atoms with Gasteiger partial charge in [0.1, 0.15) is 12.4 Å². The van der Waals surface area contributed by atoms with Gasteiger partial charge in [-0.15, -0.1) is 0 Å². The van der Waals surface area contributed by atoms with Crippen molar-refractivity contribution in [1.29, 1.82) is 0 Å². The zero-order valence-electron chi connectivity index (χ0n) is 16.3. The molecule has 0 aliphatic carbocycles. The van der Waals surface area contributed by atoms with E-state index in [1.165, 1.54) is 0 Å². The Morgan fingerprint density at radius 1 is 0.900 bits per heavy atom. The average Bonchev–Trinajstić information content (AvgIpc) is 2.77. The molecular weight excluding hydrogens is 402 g/mol. The zero-order chi connectivity index (χ0) is 21.2. The van der Waals surface area contributed by atoms with E-state index in [9.17, 15) is 13.2 Å². The monoisotopic (exact) mass is 425 g/mol. The fourth-order valence-electron chi connectivity index (χ4n) is 2.62. The number of hydrogen-bond acceptors (Lipinski definition) is 5. The Morgan fingerprint density at radius 2 is 1.63 bits per heavy atom. The Balaban J connectivity index is 1.43. The molecule has 156 valence electrons. The summed E-state index contributed by atoms with van der Waals surface area (Å²) >= 11 is 0. The summed E-state index contributed by atoms with van der Waals surface area (Å²) in [7, 11) is -3.65. The van der Waals surface area contributed by atoms with Gasteiger partial charge < -0.3 is 10.1 Å². The fraction of sp³-hybridized carbons (Fsp3) is 0.182. The first-order valence-corrected chi connectivity index (χ1v) is 11.0. The van der Waals surface area contributed by atoms with Gasteiger partial charge in [0.25, 0.3) is 0 Å². The van der Waals surface area contributed by atoms with Gasteiger partial charge in [0.2, 0.25) is 15.9 Å². The molecule has 0 bridgehead atoms. The molecule has 2 N–H and O–H groups in total. The molecule has 2 aromatic carbocycles. The maximum absolute atomic E-state index is 12.2. The molecule has 0 unspecified atom stereocenters. The van der Waals surface area contributed by atoms with Crippen molar-refractivity contribution in [2.24, 2.45) is 0 Å². The summed E-state index contributed by atoms with van der Waals surface area (Å²) in [5, 5.41) is 2.63. The van der Waals surface area contributed by atoms with Crippen LogP contribution in [0.4, 0.5) is 0 Å². The van der Waals surface area contributed by atoms with Crippen molar-refractivity contribution in [3.63, 3.8) is 0 Å². The molecule has 0 radical (unpaired) electrons. The Morgan fingerprint density at radius 3 is 2.33 bits per heavy atom. The molecule has 0 aliphatic rings. The lowest BCUT2D eigenvalue weighted by Gasteiger charge is -2.09. The molecule has 3 rings (SSSR count). The van der Waals surface area contributed by atoms with Crippen molar-refractivity contribution in [3.05, 3.63) is 95.8 Å². The van der Waals surface area contributed by atoms with E-state index in [1.54, 1.807) is 42.6 Å². The van der Waals surface area contributed by atoms with Crippen LogP contribution in [0, 0.1) is 0 Å². The van der Waals surface area contributed by atoms with E-state index in [-0.39, 0.29) is 18.8 Å². The highest BCUT2D eigenvalue weighted by Gasteiger charge is 2.13. The zero-order valence-corrected chi connectivity index (χ0v) is 17.1. The lowest BCUT2D eigenvalue weighted by atomic mass is 10.2. The van der Waals surface area contributed by atoms with E-state index >= 15 is 0 Å². The molecule has 8 heteroatoms. The standard InChI is InChI=1S/C22H23N3O4S/c26-22(24-14-20-8-4-5-13-23-20)15-25-30(27,28)17-19-9-11-21(12-10-19)29-16-18-6-2-1-3-7-18/h1-13,25H,14-17H2,(H,24,26). The highest BCUT2D eigenvalue weighted by Crippen LogP contribution is 2.15. The van der Waals surface area contributed by atoms with Crippen molar-refractivity contribution in [3.8, 4) is 5.75 Å². The maximum Gasteiger partial charge on any atom is 0.235 e. The summed E-state index contributed by atoms with van der Waals surface area (Å²) in [6.07, 6.45) is 1.63. The van der Waals surface area contributed by atoms with Crippen molar-refractivity contribution in [1.82, 2.24) is 15.0 Å². The Kier molecular flexibility index (Phi) is 7.53. The van der Waals surface area contributed by atoms with Crippen molar-refractivity contribution in [2.75, 3.05) is 6.54 Å². The first-order valence-electron chi connectivity index (χ1n) is 9.40. The Bertz CT molecular complexity index is 1040. The largest absolute Gasteiger partial charge is 0.489 e. The number of sulfonamides is 1. The molecule has 0 fully saturated rings. The van der Waals surface area contributed by atoms with E-state index in [4.69, 9.17) is 4.74 Å². The topological polar surface area (TPSA) is 97.4 Å². The predicted molar refractivity (Wildman–Crippen MR) is 114 cm³/mol. The first-order chi connectivity index (χ1) is 14.5. The van der Waals surface area contributed by atoms with Crippen LogP contribution in [-0.4, -0.2) is 25.9 Å². The van der Waals surface area contributed by atoms with E-state index in [0.29, 0.717) is 23.6 Å². The van der Waals surface area contributed by atoms with Crippen LogP contribution in [-0.2, 0) is 33.7 Å². The number of ether oxygens (including phenoxy) is 1. The first kappa shape index (κ1) is 21.5. The minimum atomic E-state index is -3.65. The van der Waals surface area contributed by atoms with E-state index in [2.05, 4.69) is 15.0 Å². The average molecular weight is 426 g/mol. The molecule has 0 saturated heterocycles. The van der Waals surface area contributed by atoms with Gasteiger partial charge >= 0.3 is 0 Å². The van der Waals surface area contributed by atoms with Crippen LogP contribution in [0.15, 0.2) is 79.0 Å². The SMILES string of the molecule is O=C(CNS(=O)(=O)Cc1ccc(OCc2ccccc2)cc1)NCc1ccccn1. The number of pyridine rings is 1. The van der Waals surface area contributed by atoms with Gasteiger partial charge in [0.05, 0.1) is 24.5 Å². The Labute approximate surface area is 176 Å². The summed E-state index contributed by atoms with van der Waals surface area (Å²) in [6, 6.07) is 22.0. The van der Waals surface area contributed by atoms with Gasteiger partial charge in [-0.2, -0.15) is 0 Å². The molecule has 0 saturated carbocycles. The smallest absolute Gasteiger partial charge is 0.235 e. The normalized spacial score (nSPS) is 11.1. The van der Waals surface area contributed by atoms with Gasteiger partial charge in [0, 0.05) is 6.20 Å². The molecule has 0 aliphatic heterocycles. The molecular formula is C22H23N3O4S. The van der Waals surface area contributed by atoms with Crippen LogP contribution in [0.3, 0.4) is 0 Å². The molecule has 3 aromatic rings. The number of benzene rings is 2. The molecule has 7 nitrogen and oxygen atoms in total. The minimum Gasteiger partial charge on any atom is -0.489 e. The predicted octanol–water partition coefficient (Wildman–Crippen LogP) is 2.40. The van der Waals surface area contributed by atoms with Gasteiger partial charge in [-0.1, -0.05) is 48.5 Å². The highest BCUT2D eigenvalue weighted by atomic mass is 32.2. The van der Waals surface area contributed by atoms with Gasteiger partial charge in [-0.3, -0.25) is 9.78 Å².